The van der Waals surface area contributed by atoms with E-state index in [1.165, 1.54) is 31.0 Å². The van der Waals surface area contributed by atoms with Gasteiger partial charge < -0.3 is 14.6 Å². The molecule has 0 bridgehead atoms. The number of nitrogens with zero attached hydrogens (tertiary/aromatic N) is 4. The molecule has 0 unspecified atom stereocenters. The van der Waals surface area contributed by atoms with Crippen LogP contribution in [-0.2, 0) is 11.3 Å². The van der Waals surface area contributed by atoms with Crippen LogP contribution in [0.15, 0.2) is 28.0 Å². The lowest BCUT2D eigenvalue weighted by Gasteiger charge is -2.27. The summed E-state index contributed by atoms with van der Waals surface area (Å²) in [4.78, 5) is 14.5. The average molecular weight is 378 g/mol. The van der Waals surface area contributed by atoms with Gasteiger partial charge in [-0.2, -0.15) is 0 Å². The monoisotopic (exact) mass is 377 g/mol. The molecule has 2 aromatic heterocycles. The van der Waals surface area contributed by atoms with Crippen LogP contribution in [-0.4, -0.2) is 45.6 Å². The molecule has 0 aromatic carbocycles. The van der Waals surface area contributed by atoms with Gasteiger partial charge in [-0.1, -0.05) is 18.7 Å². The molecule has 1 N–H and O–H groups in total. The quantitative estimate of drug-likeness (QED) is 0.713. The maximum Gasteiger partial charge on any atom is 0.233 e. The fraction of sp³-hybridized carbons (Fsp3) is 0.611. The summed E-state index contributed by atoms with van der Waals surface area (Å²) in [7, 11) is 0. The van der Waals surface area contributed by atoms with Crippen molar-refractivity contribution < 1.29 is 9.21 Å². The lowest BCUT2D eigenvalue weighted by Crippen LogP contribution is -2.32. The number of furan rings is 1. The number of carbonyl (C=O) groups excluding carboxylic acids is 1. The highest BCUT2D eigenvalue weighted by atomic mass is 32.2. The number of rotatable bonds is 8. The fourth-order valence-electron chi connectivity index (χ4n) is 3.00. The number of hydrogen-bond donors (Lipinski definition) is 1. The van der Waals surface area contributed by atoms with Gasteiger partial charge >= 0.3 is 0 Å². The summed E-state index contributed by atoms with van der Waals surface area (Å²) in [6.07, 6.45) is 6.21. The second kappa shape index (κ2) is 9.12. The maximum atomic E-state index is 12.2. The number of carbonyl (C=O) groups is 1. The molecule has 1 aliphatic heterocycles. The van der Waals surface area contributed by atoms with Gasteiger partial charge in [0.25, 0.3) is 0 Å². The predicted octanol–water partition coefficient (Wildman–Crippen LogP) is 2.92. The highest BCUT2D eigenvalue weighted by Crippen LogP contribution is 2.28. The second-order valence-corrected chi connectivity index (χ2v) is 7.85. The molecule has 8 heteroatoms. The van der Waals surface area contributed by atoms with Crippen molar-refractivity contribution in [2.24, 2.45) is 0 Å². The van der Waals surface area contributed by atoms with E-state index >= 15 is 0 Å². The van der Waals surface area contributed by atoms with Crippen LogP contribution in [0.1, 0.15) is 45.3 Å². The Hall–Kier alpha value is -1.96. The van der Waals surface area contributed by atoms with Crippen LogP contribution < -0.4 is 10.2 Å². The normalized spacial score (nSPS) is 15.8. The molecule has 7 nitrogen and oxygen atoms in total. The molecule has 2 aromatic rings. The Morgan fingerprint density at radius 3 is 2.85 bits per heavy atom. The Bertz CT molecular complexity index is 695. The van der Waals surface area contributed by atoms with Crippen molar-refractivity contribution in [3.8, 4) is 0 Å². The van der Waals surface area contributed by atoms with E-state index in [1.807, 2.05) is 26.0 Å². The highest BCUT2D eigenvalue weighted by Gasteiger charge is 2.24. The number of nitrogens with one attached hydrogen (secondary N) is 1. The first-order valence-electron chi connectivity index (χ1n) is 9.34. The Morgan fingerprint density at radius 1 is 1.35 bits per heavy atom. The van der Waals surface area contributed by atoms with Crippen LogP contribution in [0.3, 0.4) is 0 Å². The summed E-state index contributed by atoms with van der Waals surface area (Å²) in [5, 5.41) is 12.3. The standard InChI is InChI=1S/C18H27N5O2S/c1-3-9-19-16(24)14(2)26-18-21-20-17(22-10-5-4-6-11-22)23(18)13-15-8-7-12-25-15/h7-8,12,14H,3-6,9-11,13H2,1-2H3,(H,19,24)/t14-/m1/s1. The van der Waals surface area contributed by atoms with E-state index in [-0.39, 0.29) is 11.2 Å². The Balaban J connectivity index is 1.79. The zero-order valence-corrected chi connectivity index (χ0v) is 16.3. The van der Waals surface area contributed by atoms with Crippen LogP contribution in [0.5, 0.6) is 0 Å². The third kappa shape index (κ3) is 4.60. The first-order valence-corrected chi connectivity index (χ1v) is 10.2. The van der Waals surface area contributed by atoms with Crippen molar-refractivity contribution in [2.75, 3.05) is 24.5 Å². The molecular weight excluding hydrogens is 350 g/mol. The molecule has 3 heterocycles. The average Bonchev–Trinajstić information content (AvgIpc) is 3.31. The molecule has 1 saturated heterocycles. The molecule has 26 heavy (non-hydrogen) atoms. The van der Waals surface area contributed by atoms with Crippen molar-refractivity contribution in [3.05, 3.63) is 24.2 Å². The van der Waals surface area contributed by atoms with Crippen LogP contribution in [0, 0.1) is 0 Å². The molecule has 1 aliphatic rings. The summed E-state index contributed by atoms with van der Waals surface area (Å²) in [5.41, 5.74) is 0. The third-order valence-electron chi connectivity index (χ3n) is 4.43. The summed E-state index contributed by atoms with van der Waals surface area (Å²) in [6, 6.07) is 3.83. The van der Waals surface area contributed by atoms with Crippen molar-refractivity contribution in [1.29, 1.82) is 0 Å². The molecule has 0 radical (unpaired) electrons. The number of amides is 1. The zero-order chi connectivity index (χ0) is 18.4. The van der Waals surface area contributed by atoms with Gasteiger partial charge in [0.15, 0.2) is 5.16 Å². The van der Waals surface area contributed by atoms with E-state index in [9.17, 15) is 4.79 Å². The Labute approximate surface area is 158 Å². The molecule has 1 amide bonds. The van der Waals surface area contributed by atoms with Gasteiger partial charge in [-0.15, -0.1) is 10.2 Å². The molecule has 3 rings (SSSR count). The minimum absolute atomic E-state index is 0.0314. The van der Waals surface area contributed by atoms with E-state index in [0.29, 0.717) is 13.1 Å². The van der Waals surface area contributed by atoms with Gasteiger partial charge in [-0.25, -0.2) is 0 Å². The topological polar surface area (TPSA) is 76.2 Å². The van der Waals surface area contributed by atoms with Crippen LogP contribution in [0.2, 0.25) is 0 Å². The third-order valence-corrected chi connectivity index (χ3v) is 5.51. The SMILES string of the molecule is CCCNC(=O)[C@@H](C)Sc1nnc(N2CCCCC2)n1Cc1ccco1. The molecule has 0 aliphatic carbocycles. The minimum atomic E-state index is -0.227. The van der Waals surface area contributed by atoms with Gasteiger partial charge in [-0.3, -0.25) is 9.36 Å². The molecule has 0 spiro atoms. The summed E-state index contributed by atoms with van der Waals surface area (Å²) >= 11 is 1.44. The van der Waals surface area contributed by atoms with E-state index in [4.69, 9.17) is 4.42 Å². The van der Waals surface area contributed by atoms with Crippen molar-refractivity contribution in [2.45, 2.75) is 56.5 Å². The van der Waals surface area contributed by atoms with Gasteiger partial charge in [-0.05, 0) is 44.7 Å². The smallest absolute Gasteiger partial charge is 0.233 e. The first-order chi connectivity index (χ1) is 12.7. The number of piperidine rings is 1. The number of anilines is 1. The van der Waals surface area contributed by atoms with E-state index in [2.05, 4.69) is 25.0 Å². The Morgan fingerprint density at radius 2 is 2.15 bits per heavy atom. The van der Waals surface area contributed by atoms with Crippen molar-refractivity contribution >= 4 is 23.6 Å². The van der Waals surface area contributed by atoms with Crippen molar-refractivity contribution in [3.63, 3.8) is 0 Å². The summed E-state index contributed by atoms with van der Waals surface area (Å²) in [6.45, 7) is 7.20. The molecular formula is C18H27N5O2S. The van der Waals surface area contributed by atoms with Gasteiger partial charge in [0, 0.05) is 19.6 Å². The van der Waals surface area contributed by atoms with Gasteiger partial charge in [0.05, 0.1) is 18.1 Å². The largest absolute Gasteiger partial charge is 0.467 e. The van der Waals surface area contributed by atoms with Crippen LogP contribution >= 0.6 is 11.8 Å². The van der Waals surface area contributed by atoms with E-state index in [0.717, 1.165) is 36.4 Å². The zero-order valence-electron chi connectivity index (χ0n) is 15.5. The van der Waals surface area contributed by atoms with Gasteiger partial charge in [0.1, 0.15) is 5.76 Å². The molecule has 142 valence electrons. The Kier molecular flexibility index (Phi) is 6.60. The van der Waals surface area contributed by atoms with Crippen LogP contribution in [0.25, 0.3) is 0 Å². The van der Waals surface area contributed by atoms with Crippen LogP contribution in [0.4, 0.5) is 5.95 Å². The second-order valence-electron chi connectivity index (χ2n) is 6.55. The lowest BCUT2D eigenvalue weighted by atomic mass is 10.1. The fourth-order valence-corrected chi connectivity index (χ4v) is 3.86. The minimum Gasteiger partial charge on any atom is -0.467 e. The van der Waals surface area contributed by atoms with Crippen molar-refractivity contribution in [1.82, 2.24) is 20.1 Å². The number of hydrogen-bond acceptors (Lipinski definition) is 6. The molecule has 0 saturated carbocycles. The predicted molar refractivity (Wildman–Crippen MR) is 103 cm³/mol. The molecule has 1 atom stereocenters. The van der Waals surface area contributed by atoms with Gasteiger partial charge in [0.2, 0.25) is 11.9 Å². The van der Waals surface area contributed by atoms with E-state index < -0.39 is 0 Å². The first kappa shape index (κ1) is 18.8. The maximum absolute atomic E-state index is 12.2. The highest BCUT2D eigenvalue weighted by molar-refractivity contribution is 8.00. The van der Waals surface area contributed by atoms with E-state index in [1.54, 1.807) is 6.26 Å². The summed E-state index contributed by atoms with van der Waals surface area (Å²) in [5.74, 6) is 1.75. The summed E-state index contributed by atoms with van der Waals surface area (Å²) < 4.78 is 7.59. The number of aromatic nitrogens is 3. The number of thioether (sulfide) groups is 1. The lowest BCUT2D eigenvalue weighted by molar-refractivity contribution is -0.120. The molecule has 1 fully saturated rings.